The van der Waals surface area contributed by atoms with Crippen molar-refractivity contribution in [1.29, 1.82) is 0 Å². The van der Waals surface area contributed by atoms with Gasteiger partial charge in [0.2, 0.25) is 0 Å². The first kappa shape index (κ1) is 20.6. The van der Waals surface area contributed by atoms with Crippen molar-refractivity contribution in [1.82, 2.24) is 9.62 Å². The van der Waals surface area contributed by atoms with Gasteiger partial charge < -0.3 is 9.66 Å². The molecule has 1 aliphatic carbocycles. The summed E-state index contributed by atoms with van der Waals surface area (Å²) in [6.07, 6.45) is -0.0700. The van der Waals surface area contributed by atoms with E-state index in [4.69, 9.17) is 0 Å². The maximum atomic E-state index is 12.3. The van der Waals surface area contributed by atoms with Gasteiger partial charge in [-0.1, -0.05) is 13.8 Å². The Morgan fingerprint density at radius 1 is 1.30 bits per heavy atom. The first-order chi connectivity index (χ1) is 10.1. The molecule has 0 heterocycles. The summed E-state index contributed by atoms with van der Waals surface area (Å²) in [7, 11) is 0. The van der Waals surface area contributed by atoms with Crippen molar-refractivity contribution < 1.29 is 14.5 Å². The summed E-state index contributed by atoms with van der Waals surface area (Å²) in [5.41, 5.74) is -0.580. The van der Waals surface area contributed by atoms with E-state index in [-0.39, 0.29) is 22.2 Å². The molecule has 0 aromatic carbocycles. The molecule has 1 aliphatic rings. The van der Waals surface area contributed by atoms with Gasteiger partial charge in [0, 0.05) is 22.9 Å². The molecule has 0 aromatic heterocycles. The van der Waals surface area contributed by atoms with E-state index in [0.29, 0.717) is 5.92 Å². The molecule has 4 atom stereocenters. The Labute approximate surface area is 144 Å². The smallest absolute Gasteiger partial charge is 0.408 e. The largest absolute Gasteiger partial charge is 0.598 e. The lowest BCUT2D eigenvalue weighted by atomic mass is 9.55. The molecule has 0 spiro atoms. The van der Waals surface area contributed by atoms with Crippen LogP contribution in [0.3, 0.4) is 0 Å². The molecular weight excluding hydrogens is 312 g/mol. The van der Waals surface area contributed by atoms with Crippen molar-refractivity contribution in [2.75, 3.05) is 0 Å². The van der Waals surface area contributed by atoms with Crippen molar-refractivity contribution in [2.24, 2.45) is 11.3 Å². The Morgan fingerprint density at radius 3 is 2.09 bits per heavy atom. The Morgan fingerprint density at radius 2 is 1.78 bits per heavy atom. The molecule has 0 bridgehead atoms. The van der Waals surface area contributed by atoms with Gasteiger partial charge in [0.25, 0.3) is 0 Å². The summed E-state index contributed by atoms with van der Waals surface area (Å²) < 4.78 is 15.2. The van der Waals surface area contributed by atoms with Gasteiger partial charge in [-0.05, 0) is 66.2 Å². The zero-order chi connectivity index (χ0) is 18.4. The first-order valence-electron chi connectivity index (χ1n) is 8.30. The van der Waals surface area contributed by atoms with Crippen LogP contribution < -0.4 is 4.72 Å². The molecule has 1 amide bonds. The van der Waals surface area contributed by atoms with Crippen molar-refractivity contribution in [3.8, 4) is 0 Å². The minimum Gasteiger partial charge on any atom is -0.598 e. The average molecular weight is 347 g/mol. The summed E-state index contributed by atoms with van der Waals surface area (Å²) in [4.78, 5) is 13.3. The third-order valence-corrected chi connectivity index (χ3v) is 6.68. The van der Waals surface area contributed by atoms with E-state index < -0.39 is 23.0 Å². The fourth-order valence-electron chi connectivity index (χ4n) is 3.54. The highest BCUT2D eigenvalue weighted by atomic mass is 32.2. The summed E-state index contributed by atoms with van der Waals surface area (Å²) in [5, 5.41) is 9.62. The van der Waals surface area contributed by atoms with Gasteiger partial charge in [-0.2, -0.15) is 0 Å². The predicted molar refractivity (Wildman–Crippen MR) is 95.8 cm³/mol. The molecule has 23 heavy (non-hydrogen) atoms. The first-order valence-corrected chi connectivity index (χ1v) is 9.45. The Balaban J connectivity index is 2.84. The standard InChI is InChI=1S/C17H34N2O3S/c1-11(18-23(22)16(5,6)7)12-10-13(17(12,8)9)19(14(20)21)15(2,3)4/h11-13,18H,10H2,1-9H3,(H,20,21)/t11-,12+,13+,23-/m0/s1. The predicted octanol–water partition coefficient (Wildman–Crippen LogP) is 3.62. The van der Waals surface area contributed by atoms with Crippen LogP contribution in [-0.2, 0) is 11.4 Å². The zero-order valence-electron chi connectivity index (χ0n) is 16.1. The molecule has 0 aliphatic heterocycles. The molecule has 5 nitrogen and oxygen atoms in total. The number of carbonyl (C=O) groups is 1. The third kappa shape index (κ3) is 4.34. The Bertz CT molecular complexity index is 440. The lowest BCUT2D eigenvalue weighted by Crippen LogP contribution is -2.67. The Hall–Kier alpha value is -0.460. The topological polar surface area (TPSA) is 75.6 Å². The van der Waals surface area contributed by atoms with Crippen LogP contribution in [-0.4, -0.2) is 43.0 Å². The second-order valence-electron chi connectivity index (χ2n) is 9.29. The molecule has 0 radical (unpaired) electrons. The lowest BCUT2D eigenvalue weighted by molar-refractivity contribution is -0.0905. The van der Waals surface area contributed by atoms with Crippen LogP contribution in [0.2, 0.25) is 0 Å². The number of nitrogens with zero attached hydrogens (tertiary/aromatic N) is 1. The summed E-state index contributed by atoms with van der Waals surface area (Å²) in [5.74, 6) is 0.294. The molecule has 0 unspecified atom stereocenters. The van der Waals surface area contributed by atoms with Crippen molar-refractivity contribution >= 4 is 17.5 Å². The lowest BCUT2D eigenvalue weighted by Gasteiger charge is -2.60. The fourth-order valence-corrected chi connectivity index (χ4v) is 4.39. The van der Waals surface area contributed by atoms with Gasteiger partial charge in [-0.25, -0.2) is 4.79 Å². The molecule has 0 saturated heterocycles. The van der Waals surface area contributed by atoms with E-state index in [1.54, 1.807) is 4.90 Å². The normalized spacial score (nSPS) is 27.0. The van der Waals surface area contributed by atoms with Crippen LogP contribution >= 0.6 is 0 Å². The highest BCUT2D eigenvalue weighted by molar-refractivity contribution is 7.90. The van der Waals surface area contributed by atoms with E-state index in [2.05, 4.69) is 25.5 Å². The van der Waals surface area contributed by atoms with E-state index in [1.807, 2.05) is 41.5 Å². The summed E-state index contributed by atoms with van der Waals surface area (Å²) in [6.45, 7) is 17.9. The molecule has 1 rings (SSSR count). The zero-order valence-corrected chi connectivity index (χ0v) is 16.9. The summed E-state index contributed by atoms with van der Waals surface area (Å²) in [6, 6.07) is 0.0641. The van der Waals surface area contributed by atoms with Crippen LogP contribution in [0, 0.1) is 11.3 Å². The minimum absolute atomic E-state index is 0.0164. The molecule has 1 saturated carbocycles. The molecular formula is C17H34N2O3S. The van der Waals surface area contributed by atoms with E-state index in [1.165, 1.54) is 0 Å². The number of amides is 1. The number of rotatable bonds is 4. The minimum atomic E-state index is -1.12. The van der Waals surface area contributed by atoms with Crippen LogP contribution in [0.4, 0.5) is 4.79 Å². The monoisotopic (exact) mass is 346 g/mol. The fraction of sp³-hybridized carbons (Fsp3) is 0.941. The second-order valence-corrected chi connectivity index (χ2v) is 11.3. The van der Waals surface area contributed by atoms with Gasteiger partial charge in [-0.3, -0.25) is 4.90 Å². The van der Waals surface area contributed by atoms with E-state index in [0.717, 1.165) is 6.42 Å². The molecule has 136 valence electrons. The molecule has 0 aromatic rings. The number of carboxylic acid groups (broad SMARTS) is 1. The number of hydrogen-bond donors (Lipinski definition) is 2. The Kier molecular flexibility index (Phi) is 5.77. The van der Waals surface area contributed by atoms with Gasteiger partial charge in [-0.15, -0.1) is 4.72 Å². The van der Waals surface area contributed by atoms with Gasteiger partial charge in [0.1, 0.15) is 4.75 Å². The van der Waals surface area contributed by atoms with Gasteiger partial charge in [0.05, 0.1) is 6.04 Å². The van der Waals surface area contributed by atoms with Gasteiger partial charge in [0.15, 0.2) is 0 Å². The summed E-state index contributed by atoms with van der Waals surface area (Å²) >= 11 is -1.12. The van der Waals surface area contributed by atoms with Crippen molar-refractivity contribution in [2.45, 2.75) is 91.1 Å². The van der Waals surface area contributed by atoms with Crippen LogP contribution in [0.5, 0.6) is 0 Å². The quantitative estimate of drug-likeness (QED) is 0.762. The van der Waals surface area contributed by atoms with E-state index >= 15 is 0 Å². The molecule has 1 fully saturated rings. The van der Waals surface area contributed by atoms with Gasteiger partial charge >= 0.3 is 6.09 Å². The number of hydrogen-bond acceptors (Lipinski definition) is 3. The molecule has 2 N–H and O–H groups in total. The molecule has 6 heteroatoms. The van der Waals surface area contributed by atoms with E-state index in [9.17, 15) is 14.5 Å². The third-order valence-electron chi connectivity index (χ3n) is 4.98. The highest BCUT2D eigenvalue weighted by Crippen LogP contribution is 2.52. The maximum absolute atomic E-state index is 12.3. The maximum Gasteiger partial charge on any atom is 0.408 e. The SMILES string of the molecule is C[C@H](N[S@@+]([O-])C(C)(C)C)[C@H]1C[C@@H](N(C(=O)O)C(C)(C)C)C1(C)C. The highest BCUT2D eigenvalue weighted by Gasteiger charge is 2.56. The van der Waals surface area contributed by atoms with Crippen LogP contribution in [0.1, 0.15) is 68.7 Å². The number of nitrogens with one attached hydrogen (secondary N) is 1. The van der Waals surface area contributed by atoms with Crippen LogP contribution in [0.25, 0.3) is 0 Å². The van der Waals surface area contributed by atoms with Crippen molar-refractivity contribution in [3.05, 3.63) is 0 Å². The van der Waals surface area contributed by atoms with Crippen LogP contribution in [0.15, 0.2) is 0 Å². The average Bonchev–Trinajstić information content (AvgIpc) is 2.29. The second kappa shape index (κ2) is 6.45. The van der Waals surface area contributed by atoms with Crippen molar-refractivity contribution in [3.63, 3.8) is 0 Å².